The maximum Gasteiger partial charge on any atom is 0.125 e. The quantitative estimate of drug-likeness (QED) is 0.750. The largest absolute Gasteiger partial charge is 0.369 e. The summed E-state index contributed by atoms with van der Waals surface area (Å²) in [6, 6.07) is 6.02. The molecule has 3 N–H and O–H groups in total. The van der Waals surface area contributed by atoms with Crippen LogP contribution in [0.2, 0.25) is 0 Å². The number of rotatable bonds is 5. The smallest absolute Gasteiger partial charge is 0.125 e. The second-order valence-electron chi connectivity index (χ2n) is 3.99. The average Bonchev–Trinajstić information content (AvgIpc) is 2.15. The van der Waals surface area contributed by atoms with Crippen molar-refractivity contribution in [3.63, 3.8) is 0 Å². The number of nitrogens with one attached hydrogen (secondary N) is 1. The highest BCUT2D eigenvalue weighted by molar-refractivity contribution is 5.33. The van der Waals surface area contributed by atoms with Crippen molar-refractivity contribution in [2.45, 2.75) is 26.3 Å². The van der Waals surface area contributed by atoms with Crippen LogP contribution in [0.3, 0.4) is 0 Å². The van der Waals surface area contributed by atoms with E-state index in [1.807, 2.05) is 18.2 Å². The molecule has 3 heteroatoms. The van der Waals surface area contributed by atoms with Gasteiger partial charge in [-0.05, 0) is 24.5 Å². The lowest BCUT2D eigenvalue weighted by atomic mass is 10.0. The van der Waals surface area contributed by atoms with Crippen molar-refractivity contribution in [3.05, 3.63) is 24.4 Å². The van der Waals surface area contributed by atoms with Crippen LogP contribution in [0.25, 0.3) is 0 Å². The van der Waals surface area contributed by atoms with E-state index in [1.54, 1.807) is 6.20 Å². The lowest BCUT2D eigenvalue weighted by Crippen LogP contribution is -2.30. The van der Waals surface area contributed by atoms with Crippen LogP contribution in [0.1, 0.15) is 20.3 Å². The van der Waals surface area contributed by atoms with Gasteiger partial charge in [0.2, 0.25) is 0 Å². The number of hydrogen-bond acceptors (Lipinski definition) is 3. The van der Waals surface area contributed by atoms with E-state index in [1.165, 1.54) is 0 Å². The van der Waals surface area contributed by atoms with Crippen molar-refractivity contribution in [2.24, 2.45) is 11.7 Å². The van der Waals surface area contributed by atoms with Crippen molar-refractivity contribution >= 4 is 5.82 Å². The summed E-state index contributed by atoms with van der Waals surface area (Å²) in [4.78, 5) is 4.16. The fourth-order valence-corrected chi connectivity index (χ4v) is 1.39. The first kappa shape index (κ1) is 11.0. The predicted molar refractivity (Wildman–Crippen MR) is 60.2 cm³/mol. The third kappa shape index (κ3) is 4.23. The molecule has 1 atom stereocenters. The zero-order valence-corrected chi connectivity index (χ0v) is 8.90. The van der Waals surface area contributed by atoms with Crippen LogP contribution in [0, 0.1) is 5.92 Å². The third-order valence-corrected chi connectivity index (χ3v) is 1.98. The van der Waals surface area contributed by atoms with Crippen LogP contribution in [0.15, 0.2) is 24.4 Å². The Bertz CT molecular complexity index is 246. The van der Waals surface area contributed by atoms with Crippen molar-refractivity contribution in [2.75, 3.05) is 11.9 Å². The molecule has 1 aromatic rings. The van der Waals surface area contributed by atoms with E-state index < -0.39 is 0 Å². The molecule has 78 valence electrons. The minimum absolute atomic E-state index is 0.206. The second kappa shape index (κ2) is 5.60. The highest BCUT2D eigenvalue weighted by atomic mass is 15.0. The van der Waals surface area contributed by atoms with Crippen molar-refractivity contribution in [3.8, 4) is 0 Å². The standard InChI is InChI=1S/C11H19N3/c1-9(2)7-10(12)8-14-11-5-3-4-6-13-11/h3-6,9-10H,7-8,12H2,1-2H3,(H,13,14). The zero-order valence-electron chi connectivity index (χ0n) is 8.90. The van der Waals surface area contributed by atoms with Gasteiger partial charge in [0.15, 0.2) is 0 Å². The molecule has 0 aliphatic carbocycles. The summed E-state index contributed by atoms with van der Waals surface area (Å²) in [6.45, 7) is 5.15. The molecule has 0 fully saturated rings. The SMILES string of the molecule is CC(C)CC(N)CNc1ccccn1. The van der Waals surface area contributed by atoms with Crippen molar-refractivity contribution in [1.29, 1.82) is 0 Å². The van der Waals surface area contributed by atoms with E-state index in [0.717, 1.165) is 18.8 Å². The fraction of sp³-hybridized carbons (Fsp3) is 0.545. The van der Waals surface area contributed by atoms with E-state index in [-0.39, 0.29) is 6.04 Å². The summed E-state index contributed by atoms with van der Waals surface area (Å²) < 4.78 is 0. The molecule has 0 bridgehead atoms. The summed E-state index contributed by atoms with van der Waals surface area (Å²) >= 11 is 0. The molecule has 14 heavy (non-hydrogen) atoms. The van der Waals surface area contributed by atoms with Gasteiger partial charge in [-0.1, -0.05) is 19.9 Å². The fourth-order valence-electron chi connectivity index (χ4n) is 1.39. The molecule has 0 radical (unpaired) electrons. The Morgan fingerprint density at radius 1 is 1.43 bits per heavy atom. The first-order chi connectivity index (χ1) is 6.68. The number of nitrogens with two attached hydrogens (primary N) is 1. The molecule has 1 heterocycles. The molecule has 0 aliphatic rings. The monoisotopic (exact) mass is 193 g/mol. The summed E-state index contributed by atoms with van der Waals surface area (Å²) in [5.41, 5.74) is 5.93. The number of anilines is 1. The average molecular weight is 193 g/mol. The maximum absolute atomic E-state index is 5.93. The maximum atomic E-state index is 5.93. The van der Waals surface area contributed by atoms with E-state index in [4.69, 9.17) is 5.73 Å². The Morgan fingerprint density at radius 2 is 2.21 bits per heavy atom. The Labute approximate surface area is 85.7 Å². The second-order valence-corrected chi connectivity index (χ2v) is 3.99. The van der Waals surface area contributed by atoms with Crippen LogP contribution >= 0.6 is 0 Å². The molecule has 0 amide bonds. The summed E-state index contributed by atoms with van der Waals surface area (Å²) in [5, 5.41) is 3.21. The topological polar surface area (TPSA) is 50.9 Å². The first-order valence-electron chi connectivity index (χ1n) is 5.09. The van der Waals surface area contributed by atoms with Gasteiger partial charge >= 0.3 is 0 Å². The third-order valence-electron chi connectivity index (χ3n) is 1.98. The highest BCUT2D eigenvalue weighted by Crippen LogP contribution is 2.04. The lowest BCUT2D eigenvalue weighted by Gasteiger charge is -2.14. The molecule has 3 nitrogen and oxygen atoms in total. The molecule has 1 aromatic heterocycles. The summed E-state index contributed by atoms with van der Waals surface area (Å²) in [6.07, 6.45) is 2.82. The van der Waals surface area contributed by atoms with Crippen LogP contribution in [0.4, 0.5) is 5.82 Å². The van der Waals surface area contributed by atoms with E-state index in [9.17, 15) is 0 Å². The molecule has 0 spiro atoms. The first-order valence-corrected chi connectivity index (χ1v) is 5.09. The van der Waals surface area contributed by atoms with E-state index in [0.29, 0.717) is 5.92 Å². The Kier molecular flexibility index (Phi) is 4.40. The number of nitrogens with zero attached hydrogens (tertiary/aromatic N) is 1. The van der Waals surface area contributed by atoms with Crippen molar-refractivity contribution in [1.82, 2.24) is 4.98 Å². The normalized spacial score (nSPS) is 12.9. The van der Waals surface area contributed by atoms with Gasteiger partial charge in [0.05, 0.1) is 0 Å². The van der Waals surface area contributed by atoms with Gasteiger partial charge in [0, 0.05) is 18.8 Å². The molecule has 1 unspecified atom stereocenters. The van der Waals surface area contributed by atoms with E-state index in [2.05, 4.69) is 24.1 Å². The molecule has 0 aliphatic heterocycles. The molecular formula is C11H19N3. The highest BCUT2D eigenvalue weighted by Gasteiger charge is 2.04. The van der Waals surface area contributed by atoms with Gasteiger partial charge < -0.3 is 11.1 Å². The van der Waals surface area contributed by atoms with Crippen LogP contribution < -0.4 is 11.1 Å². The lowest BCUT2D eigenvalue weighted by molar-refractivity contribution is 0.508. The molecular weight excluding hydrogens is 174 g/mol. The van der Waals surface area contributed by atoms with Gasteiger partial charge in [0.25, 0.3) is 0 Å². The Hall–Kier alpha value is -1.09. The van der Waals surface area contributed by atoms with Gasteiger partial charge in [-0.2, -0.15) is 0 Å². The summed E-state index contributed by atoms with van der Waals surface area (Å²) in [7, 11) is 0. The van der Waals surface area contributed by atoms with Crippen molar-refractivity contribution < 1.29 is 0 Å². The Balaban J connectivity index is 2.27. The minimum atomic E-state index is 0.206. The number of hydrogen-bond donors (Lipinski definition) is 2. The van der Waals surface area contributed by atoms with Crippen LogP contribution in [0.5, 0.6) is 0 Å². The Morgan fingerprint density at radius 3 is 2.79 bits per heavy atom. The van der Waals surface area contributed by atoms with Gasteiger partial charge in [0.1, 0.15) is 5.82 Å². The summed E-state index contributed by atoms with van der Waals surface area (Å²) in [5.74, 6) is 1.54. The molecule has 0 aromatic carbocycles. The van der Waals surface area contributed by atoms with Gasteiger partial charge in [-0.15, -0.1) is 0 Å². The van der Waals surface area contributed by atoms with Gasteiger partial charge in [-0.25, -0.2) is 4.98 Å². The minimum Gasteiger partial charge on any atom is -0.369 e. The number of aromatic nitrogens is 1. The number of pyridine rings is 1. The molecule has 1 rings (SSSR count). The van der Waals surface area contributed by atoms with E-state index >= 15 is 0 Å². The van der Waals surface area contributed by atoms with Crippen LogP contribution in [-0.2, 0) is 0 Å². The zero-order chi connectivity index (χ0) is 10.4. The predicted octanol–water partition coefficient (Wildman–Crippen LogP) is 1.87. The van der Waals surface area contributed by atoms with Crippen LogP contribution in [-0.4, -0.2) is 17.6 Å². The molecule has 0 saturated carbocycles. The molecule has 0 saturated heterocycles. The van der Waals surface area contributed by atoms with Gasteiger partial charge in [-0.3, -0.25) is 0 Å².